The van der Waals surface area contributed by atoms with E-state index in [0.29, 0.717) is 23.8 Å². The zero-order valence-electron chi connectivity index (χ0n) is 13.4. The van der Waals surface area contributed by atoms with Crippen molar-refractivity contribution in [2.24, 2.45) is 5.92 Å². The summed E-state index contributed by atoms with van der Waals surface area (Å²) in [4.78, 5) is 12.4. The molecule has 0 radical (unpaired) electrons. The second-order valence-corrected chi connectivity index (χ2v) is 8.56. The molecule has 1 heterocycles. The van der Waals surface area contributed by atoms with Gasteiger partial charge in [-0.15, -0.1) is 0 Å². The van der Waals surface area contributed by atoms with E-state index in [2.05, 4.69) is 5.32 Å². The molecule has 1 aromatic carbocycles. The van der Waals surface area contributed by atoms with Crippen molar-refractivity contribution in [1.82, 2.24) is 9.62 Å². The van der Waals surface area contributed by atoms with Crippen molar-refractivity contribution in [3.63, 3.8) is 0 Å². The molecule has 128 valence electrons. The van der Waals surface area contributed by atoms with Crippen molar-refractivity contribution >= 4 is 27.5 Å². The zero-order valence-corrected chi connectivity index (χ0v) is 14.9. The minimum Gasteiger partial charge on any atom is -0.379 e. The molecule has 1 amide bonds. The van der Waals surface area contributed by atoms with Gasteiger partial charge in [0.1, 0.15) is 0 Å². The van der Waals surface area contributed by atoms with Crippen LogP contribution in [0.3, 0.4) is 0 Å². The number of benzene rings is 1. The maximum Gasteiger partial charge on any atom is 0.251 e. The lowest BCUT2D eigenvalue weighted by molar-refractivity contribution is 0.0925. The summed E-state index contributed by atoms with van der Waals surface area (Å²) in [6.45, 7) is 2.44. The molecular formula is C15H21ClN2O4S. The van der Waals surface area contributed by atoms with Gasteiger partial charge in [0.2, 0.25) is 10.0 Å². The molecule has 0 spiro atoms. The summed E-state index contributed by atoms with van der Waals surface area (Å²) in [7, 11) is -0.361. The minimum absolute atomic E-state index is 0.0561. The Morgan fingerprint density at radius 3 is 2.74 bits per heavy atom. The van der Waals surface area contributed by atoms with E-state index in [0.717, 1.165) is 5.56 Å². The van der Waals surface area contributed by atoms with E-state index in [1.807, 2.05) is 6.92 Å². The van der Waals surface area contributed by atoms with Crippen LogP contribution >= 0.6 is 11.6 Å². The molecule has 1 aliphatic rings. The first-order chi connectivity index (χ1) is 10.7. The molecule has 0 unspecified atom stereocenters. The molecule has 0 bridgehead atoms. The van der Waals surface area contributed by atoms with Gasteiger partial charge in [0.25, 0.3) is 5.91 Å². The van der Waals surface area contributed by atoms with E-state index < -0.39 is 10.0 Å². The third-order valence-electron chi connectivity index (χ3n) is 3.94. The molecule has 6 nitrogen and oxygen atoms in total. The minimum atomic E-state index is -3.35. The van der Waals surface area contributed by atoms with Crippen molar-refractivity contribution in [3.8, 4) is 0 Å². The molecule has 8 heteroatoms. The predicted octanol–water partition coefficient (Wildman–Crippen LogP) is 1.28. The Hall–Kier alpha value is -1.15. The van der Waals surface area contributed by atoms with Crippen LogP contribution in [0.1, 0.15) is 15.9 Å². The number of rotatable bonds is 5. The van der Waals surface area contributed by atoms with E-state index in [9.17, 15) is 13.2 Å². The van der Waals surface area contributed by atoms with Gasteiger partial charge in [0.05, 0.1) is 25.0 Å². The van der Waals surface area contributed by atoms with Gasteiger partial charge in [0, 0.05) is 30.6 Å². The summed E-state index contributed by atoms with van der Waals surface area (Å²) in [5.74, 6) is -0.599. The van der Waals surface area contributed by atoms with Crippen LogP contribution in [0.2, 0.25) is 5.02 Å². The number of nitrogens with one attached hydrogen (secondary N) is 1. The molecule has 1 fully saturated rings. The number of sulfonamides is 1. The van der Waals surface area contributed by atoms with Gasteiger partial charge < -0.3 is 10.1 Å². The number of nitrogens with zero attached hydrogens (tertiary/aromatic N) is 1. The van der Waals surface area contributed by atoms with E-state index in [4.69, 9.17) is 16.3 Å². The Balaban J connectivity index is 2.09. The van der Waals surface area contributed by atoms with Crippen LogP contribution in [0.25, 0.3) is 0 Å². The largest absolute Gasteiger partial charge is 0.379 e. The summed E-state index contributed by atoms with van der Waals surface area (Å²) >= 11 is 5.94. The van der Waals surface area contributed by atoms with Crippen LogP contribution in [0.15, 0.2) is 18.2 Å². The molecule has 1 aliphatic heterocycles. The first kappa shape index (κ1) is 18.2. The first-order valence-corrected chi connectivity index (χ1v) is 9.24. The van der Waals surface area contributed by atoms with E-state index in [-0.39, 0.29) is 23.6 Å². The van der Waals surface area contributed by atoms with E-state index >= 15 is 0 Å². The topological polar surface area (TPSA) is 75.7 Å². The monoisotopic (exact) mass is 360 g/mol. The van der Waals surface area contributed by atoms with Gasteiger partial charge in [-0.2, -0.15) is 0 Å². The normalized spacial score (nSPS) is 21.6. The molecule has 1 N–H and O–H groups in total. The standard InChI is InChI=1S/C15H21ClN2O4S/c1-10-4-5-12(16)6-13(10)15(19)17-14-8-22-7-11(14)9-23(20,21)18(2)3/h4-6,11,14H,7-9H2,1-3H3,(H,17,19)/t11-,14+/m0/s1. The van der Waals surface area contributed by atoms with Crippen LogP contribution in [-0.2, 0) is 14.8 Å². The highest BCUT2D eigenvalue weighted by Gasteiger charge is 2.34. The second kappa shape index (κ2) is 7.17. The smallest absolute Gasteiger partial charge is 0.251 e. The Bertz CT molecular complexity index is 691. The van der Waals surface area contributed by atoms with Gasteiger partial charge in [-0.05, 0) is 24.6 Å². The summed E-state index contributed by atoms with van der Waals surface area (Å²) in [5, 5.41) is 3.35. The van der Waals surface area contributed by atoms with Crippen LogP contribution in [0.4, 0.5) is 0 Å². The molecule has 0 aromatic heterocycles. The van der Waals surface area contributed by atoms with Crippen molar-refractivity contribution in [1.29, 1.82) is 0 Å². The third-order valence-corrected chi connectivity index (χ3v) is 6.14. The van der Waals surface area contributed by atoms with Gasteiger partial charge in [-0.3, -0.25) is 4.79 Å². The van der Waals surface area contributed by atoms with Gasteiger partial charge in [0.15, 0.2) is 0 Å². The van der Waals surface area contributed by atoms with Crippen LogP contribution < -0.4 is 5.32 Å². The van der Waals surface area contributed by atoms with Gasteiger partial charge >= 0.3 is 0 Å². The van der Waals surface area contributed by atoms with Gasteiger partial charge in [-0.1, -0.05) is 17.7 Å². The Kier molecular flexibility index (Phi) is 5.67. The number of amides is 1. The molecule has 0 aliphatic carbocycles. The van der Waals surface area contributed by atoms with E-state index in [1.165, 1.54) is 18.4 Å². The summed E-state index contributed by atoms with van der Waals surface area (Å²) in [6, 6.07) is 4.76. The lowest BCUT2D eigenvalue weighted by atomic mass is 10.0. The summed E-state index contributed by atoms with van der Waals surface area (Å²) in [5.41, 5.74) is 1.29. The number of carbonyl (C=O) groups is 1. The molecule has 2 atom stereocenters. The van der Waals surface area contributed by atoms with Crippen LogP contribution in [-0.4, -0.2) is 57.7 Å². The van der Waals surface area contributed by atoms with E-state index in [1.54, 1.807) is 18.2 Å². The fraction of sp³-hybridized carbons (Fsp3) is 0.533. The highest BCUT2D eigenvalue weighted by atomic mass is 35.5. The molecule has 0 saturated carbocycles. The number of aryl methyl sites for hydroxylation is 1. The highest BCUT2D eigenvalue weighted by molar-refractivity contribution is 7.89. The number of carbonyl (C=O) groups excluding carboxylic acids is 1. The quantitative estimate of drug-likeness (QED) is 0.858. The van der Waals surface area contributed by atoms with Gasteiger partial charge in [-0.25, -0.2) is 12.7 Å². The van der Waals surface area contributed by atoms with Crippen molar-refractivity contribution in [3.05, 3.63) is 34.3 Å². The Labute approximate surface area is 141 Å². The Morgan fingerprint density at radius 1 is 1.39 bits per heavy atom. The fourth-order valence-corrected chi connectivity index (χ4v) is 3.77. The molecular weight excluding hydrogens is 340 g/mol. The average Bonchev–Trinajstić information content (AvgIpc) is 2.87. The van der Waals surface area contributed by atoms with Crippen molar-refractivity contribution < 1.29 is 17.9 Å². The first-order valence-electron chi connectivity index (χ1n) is 7.25. The molecule has 23 heavy (non-hydrogen) atoms. The predicted molar refractivity (Wildman–Crippen MR) is 89.2 cm³/mol. The van der Waals surface area contributed by atoms with Crippen molar-refractivity contribution in [2.45, 2.75) is 13.0 Å². The SMILES string of the molecule is Cc1ccc(Cl)cc1C(=O)N[C@@H]1COC[C@H]1CS(=O)(=O)N(C)C. The summed E-state index contributed by atoms with van der Waals surface area (Å²) in [6.07, 6.45) is 0. The number of hydrogen-bond donors (Lipinski definition) is 1. The molecule has 1 saturated heterocycles. The number of halogens is 1. The number of ether oxygens (including phenoxy) is 1. The van der Waals surface area contributed by atoms with Crippen LogP contribution in [0.5, 0.6) is 0 Å². The maximum absolute atomic E-state index is 12.4. The number of hydrogen-bond acceptors (Lipinski definition) is 4. The lowest BCUT2D eigenvalue weighted by Crippen LogP contribution is -2.43. The fourth-order valence-electron chi connectivity index (χ4n) is 2.43. The zero-order chi connectivity index (χ0) is 17.2. The highest BCUT2D eigenvalue weighted by Crippen LogP contribution is 2.20. The Morgan fingerprint density at radius 2 is 2.09 bits per heavy atom. The summed E-state index contributed by atoms with van der Waals surface area (Å²) < 4.78 is 30.6. The lowest BCUT2D eigenvalue weighted by Gasteiger charge is -2.21. The molecule has 2 rings (SSSR count). The second-order valence-electron chi connectivity index (χ2n) is 5.90. The van der Waals surface area contributed by atoms with Crippen molar-refractivity contribution in [2.75, 3.05) is 33.1 Å². The maximum atomic E-state index is 12.4. The third kappa shape index (κ3) is 4.44. The molecule has 1 aromatic rings. The average molecular weight is 361 g/mol. The van der Waals surface area contributed by atoms with Crippen LogP contribution in [0, 0.1) is 12.8 Å².